The molecular weight excluding hydrogens is 324 g/mol. The fourth-order valence-electron chi connectivity index (χ4n) is 3.75. The average molecular weight is 344 g/mol. The van der Waals surface area contributed by atoms with Crippen LogP contribution in [0.3, 0.4) is 0 Å². The van der Waals surface area contributed by atoms with Crippen molar-refractivity contribution in [1.29, 1.82) is 0 Å². The first kappa shape index (κ1) is 15.4. The number of rotatable bonds is 2. The van der Waals surface area contributed by atoms with Gasteiger partial charge in [0.2, 0.25) is 0 Å². The second-order valence-corrected chi connectivity index (χ2v) is 7.02. The summed E-state index contributed by atoms with van der Waals surface area (Å²) in [6, 6.07) is 8.74. The summed E-state index contributed by atoms with van der Waals surface area (Å²) in [6.45, 7) is 2.23. The van der Waals surface area contributed by atoms with Crippen LogP contribution in [0.25, 0.3) is 33.2 Å². The maximum atomic E-state index is 4.74. The summed E-state index contributed by atoms with van der Waals surface area (Å²) in [7, 11) is 2.18. The summed E-state index contributed by atoms with van der Waals surface area (Å²) in [5.41, 5.74) is 4.95. The number of aromatic nitrogens is 5. The highest BCUT2D eigenvalue weighted by atomic mass is 15.3. The van der Waals surface area contributed by atoms with Crippen LogP contribution in [0.15, 0.2) is 49.1 Å². The zero-order valence-electron chi connectivity index (χ0n) is 14.7. The van der Waals surface area contributed by atoms with Crippen LogP contribution >= 0.6 is 0 Å². The van der Waals surface area contributed by atoms with Crippen LogP contribution in [0, 0.1) is 0 Å². The van der Waals surface area contributed by atoms with Gasteiger partial charge in [-0.05, 0) is 56.7 Å². The number of hydrogen-bond acceptors (Lipinski definition) is 5. The maximum Gasteiger partial charge on any atom is 0.158 e. The van der Waals surface area contributed by atoms with E-state index in [1.165, 1.54) is 0 Å². The third-order valence-electron chi connectivity index (χ3n) is 5.27. The molecule has 1 aliphatic heterocycles. The molecule has 1 aromatic carbocycles. The van der Waals surface area contributed by atoms with E-state index in [-0.39, 0.29) is 0 Å². The number of hydrogen-bond donors (Lipinski definition) is 0. The van der Waals surface area contributed by atoms with E-state index in [1.54, 1.807) is 12.4 Å². The van der Waals surface area contributed by atoms with Gasteiger partial charge in [-0.25, -0.2) is 9.67 Å². The molecule has 0 N–H and O–H groups in total. The molecule has 1 fully saturated rings. The van der Waals surface area contributed by atoms with Gasteiger partial charge in [-0.15, -0.1) is 0 Å². The lowest BCUT2D eigenvalue weighted by molar-refractivity contribution is 0.215. The highest BCUT2D eigenvalue weighted by Crippen LogP contribution is 2.28. The summed E-state index contributed by atoms with van der Waals surface area (Å²) < 4.78 is 2.11. The quantitative estimate of drug-likeness (QED) is 0.558. The number of fused-ring (bicyclic) bond motifs is 2. The Morgan fingerprint density at radius 2 is 1.69 bits per heavy atom. The van der Waals surface area contributed by atoms with Crippen molar-refractivity contribution in [2.24, 2.45) is 0 Å². The number of benzene rings is 1. The normalized spacial score (nSPS) is 16.5. The predicted molar refractivity (Wildman–Crippen MR) is 102 cm³/mol. The summed E-state index contributed by atoms with van der Waals surface area (Å²) in [6.07, 6.45) is 9.56. The Morgan fingerprint density at radius 3 is 2.54 bits per heavy atom. The van der Waals surface area contributed by atoms with Crippen molar-refractivity contribution in [2.75, 3.05) is 20.1 Å². The molecule has 5 rings (SSSR count). The van der Waals surface area contributed by atoms with Crippen LogP contribution in [0.4, 0.5) is 0 Å². The van der Waals surface area contributed by atoms with E-state index in [0.717, 1.165) is 59.1 Å². The lowest BCUT2D eigenvalue weighted by atomic mass is 10.1. The van der Waals surface area contributed by atoms with Gasteiger partial charge in [0.25, 0.3) is 0 Å². The molecule has 4 heterocycles. The van der Waals surface area contributed by atoms with E-state index >= 15 is 0 Å². The van der Waals surface area contributed by atoms with E-state index in [9.17, 15) is 0 Å². The van der Waals surface area contributed by atoms with Crippen molar-refractivity contribution in [3.63, 3.8) is 0 Å². The van der Waals surface area contributed by atoms with E-state index in [1.807, 2.05) is 18.5 Å². The Labute approximate surface area is 151 Å². The Kier molecular flexibility index (Phi) is 3.64. The molecule has 1 saturated heterocycles. The van der Waals surface area contributed by atoms with Gasteiger partial charge in [-0.2, -0.15) is 5.10 Å². The Bertz CT molecular complexity index is 1080. The molecule has 0 aliphatic carbocycles. The third-order valence-corrected chi connectivity index (χ3v) is 5.27. The average Bonchev–Trinajstić information content (AvgIpc) is 3.11. The van der Waals surface area contributed by atoms with Crippen molar-refractivity contribution >= 4 is 22.1 Å². The molecule has 6 heteroatoms. The van der Waals surface area contributed by atoms with E-state index in [4.69, 9.17) is 4.98 Å². The summed E-state index contributed by atoms with van der Waals surface area (Å²) in [4.78, 5) is 15.8. The molecule has 0 spiro atoms. The Hall–Kier alpha value is -2.86. The summed E-state index contributed by atoms with van der Waals surface area (Å²) in [5.74, 6) is 0. The zero-order chi connectivity index (χ0) is 17.5. The highest BCUT2D eigenvalue weighted by Gasteiger charge is 2.21. The number of nitrogens with zero attached hydrogens (tertiary/aromatic N) is 6. The fourth-order valence-corrected chi connectivity index (χ4v) is 3.75. The first-order valence-electron chi connectivity index (χ1n) is 9.01. The highest BCUT2D eigenvalue weighted by molar-refractivity contribution is 5.85. The molecule has 0 unspecified atom stereocenters. The number of likely N-dealkylation sites (tertiary alicyclic amines) is 1. The van der Waals surface area contributed by atoms with E-state index in [2.05, 4.69) is 49.9 Å². The lowest BCUT2D eigenvalue weighted by Crippen LogP contribution is -2.31. The molecular formula is C20H20N6. The van der Waals surface area contributed by atoms with Crippen LogP contribution < -0.4 is 0 Å². The van der Waals surface area contributed by atoms with Gasteiger partial charge in [0, 0.05) is 29.5 Å². The minimum atomic E-state index is 0.443. The van der Waals surface area contributed by atoms with Crippen molar-refractivity contribution in [3.8, 4) is 11.1 Å². The molecule has 4 aromatic rings. The number of pyridine rings is 1. The van der Waals surface area contributed by atoms with Crippen LogP contribution in [0.5, 0.6) is 0 Å². The molecule has 3 aromatic heterocycles. The van der Waals surface area contributed by atoms with E-state index < -0.39 is 0 Å². The SMILES string of the molecule is CN1CCC(n2ncc3cc(-c4ccc5nccnc5c4)cnc32)CC1. The summed E-state index contributed by atoms with van der Waals surface area (Å²) in [5, 5.41) is 5.73. The van der Waals surface area contributed by atoms with Gasteiger partial charge in [0.1, 0.15) is 0 Å². The minimum Gasteiger partial charge on any atom is -0.306 e. The molecule has 0 radical (unpaired) electrons. The molecule has 26 heavy (non-hydrogen) atoms. The lowest BCUT2D eigenvalue weighted by Gasteiger charge is -2.29. The van der Waals surface area contributed by atoms with Crippen LogP contribution in [-0.2, 0) is 0 Å². The van der Waals surface area contributed by atoms with Gasteiger partial charge in [-0.3, -0.25) is 9.97 Å². The largest absolute Gasteiger partial charge is 0.306 e. The van der Waals surface area contributed by atoms with Crippen LogP contribution in [0.1, 0.15) is 18.9 Å². The van der Waals surface area contributed by atoms with Gasteiger partial charge in [0.15, 0.2) is 5.65 Å². The van der Waals surface area contributed by atoms with E-state index in [0.29, 0.717) is 6.04 Å². The van der Waals surface area contributed by atoms with Crippen LogP contribution in [-0.4, -0.2) is 49.8 Å². The second-order valence-electron chi connectivity index (χ2n) is 7.02. The molecule has 0 bridgehead atoms. The Balaban J connectivity index is 1.52. The van der Waals surface area contributed by atoms with Crippen LogP contribution in [0.2, 0.25) is 0 Å². The zero-order valence-corrected chi connectivity index (χ0v) is 14.7. The van der Waals surface area contributed by atoms with Gasteiger partial charge in [0.05, 0.1) is 23.3 Å². The first-order valence-corrected chi connectivity index (χ1v) is 9.01. The van der Waals surface area contributed by atoms with Crippen molar-refractivity contribution in [1.82, 2.24) is 29.6 Å². The maximum absolute atomic E-state index is 4.74. The molecule has 0 saturated carbocycles. The van der Waals surface area contributed by atoms with Crippen molar-refractivity contribution in [3.05, 3.63) is 49.1 Å². The predicted octanol–water partition coefficient (Wildman–Crippen LogP) is 3.31. The number of piperidine rings is 1. The molecule has 0 amide bonds. The molecule has 0 atom stereocenters. The van der Waals surface area contributed by atoms with Crippen molar-refractivity contribution < 1.29 is 0 Å². The molecule has 6 nitrogen and oxygen atoms in total. The van der Waals surface area contributed by atoms with Gasteiger partial charge < -0.3 is 4.90 Å². The fraction of sp³-hybridized carbons (Fsp3) is 0.300. The van der Waals surface area contributed by atoms with Gasteiger partial charge >= 0.3 is 0 Å². The third kappa shape index (κ3) is 2.63. The topological polar surface area (TPSA) is 59.7 Å². The minimum absolute atomic E-state index is 0.443. The molecule has 130 valence electrons. The van der Waals surface area contributed by atoms with Gasteiger partial charge in [-0.1, -0.05) is 6.07 Å². The first-order chi connectivity index (χ1) is 12.8. The van der Waals surface area contributed by atoms with Crippen molar-refractivity contribution in [2.45, 2.75) is 18.9 Å². The summed E-state index contributed by atoms with van der Waals surface area (Å²) >= 11 is 0. The molecule has 1 aliphatic rings. The standard InChI is InChI=1S/C20H20N6/c1-25-8-4-17(5-9-25)26-20-16(13-24-26)10-15(12-23-20)14-2-3-18-19(11-14)22-7-6-21-18/h2-3,6-7,10-13,17H,4-5,8-9H2,1H3. The monoisotopic (exact) mass is 344 g/mol. The smallest absolute Gasteiger partial charge is 0.158 e. The Morgan fingerprint density at radius 1 is 0.885 bits per heavy atom. The second kappa shape index (κ2) is 6.14.